The van der Waals surface area contributed by atoms with E-state index >= 15 is 0 Å². The third-order valence-corrected chi connectivity index (χ3v) is 3.23. The van der Waals surface area contributed by atoms with Crippen LogP contribution in [-0.4, -0.2) is 29.1 Å². The molecule has 0 spiro atoms. The summed E-state index contributed by atoms with van der Waals surface area (Å²) in [7, 11) is 0. The minimum Gasteiger partial charge on any atom is -0.380 e. The number of carbonyl (C=O) groups excluding carboxylic acids is 1. The molecule has 1 aliphatic heterocycles. The lowest BCUT2D eigenvalue weighted by molar-refractivity contribution is -0.127. The van der Waals surface area contributed by atoms with E-state index in [1.54, 1.807) is 0 Å². The number of hydrogen-bond acceptors (Lipinski definition) is 5. The van der Waals surface area contributed by atoms with Crippen molar-refractivity contribution >= 4 is 5.78 Å². The first-order valence-electron chi connectivity index (χ1n) is 6.50. The van der Waals surface area contributed by atoms with Gasteiger partial charge in [0, 0.05) is 18.9 Å². The predicted octanol–water partition coefficient (Wildman–Crippen LogP) is 2.01. The van der Waals surface area contributed by atoms with Crippen LogP contribution in [0.4, 0.5) is 8.78 Å². The van der Waals surface area contributed by atoms with Crippen molar-refractivity contribution in [2.45, 2.75) is 18.8 Å². The number of ketones is 1. The molecule has 5 nitrogen and oxygen atoms in total. The Morgan fingerprint density at radius 1 is 1.24 bits per heavy atom. The topological polar surface area (TPSA) is 65.2 Å². The van der Waals surface area contributed by atoms with E-state index < -0.39 is 17.6 Å². The highest BCUT2D eigenvalue weighted by molar-refractivity contribution is 5.85. The number of benzene rings is 1. The second kappa shape index (κ2) is 5.69. The van der Waals surface area contributed by atoms with E-state index in [1.807, 2.05) is 0 Å². The zero-order valence-corrected chi connectivity index (χ0v) is 11.0. The van der Waals surface area contributed by atoms with Gasteiger partial charge >= 0.3 is 0 Å². The van der Waals surface area contributed by atoms with Crippen molar-refractivity contribution in [3.63, 3.8) is 0 Å². The maximum absolute atomic E-state index is 13.1. The Labute approximate surface area is 118 Å². The highest BCUT2D eigenvalue weighted by Gasteiger charge is 2.29. The van der Waals surface area contributed by atoms with Gasteiger partial charge in [-0.05, 0) is 17.7 Å². The first-order chi connectivity index (χ1) is 10.1. The van der Waals surface area contributed by atoms with Crippen LogP contribution in [0.2, 0.25) is 0 Å². The van der Waals surface area contributed by atoms with Crippen molar-refractivity contribution < 1.29 is 22.8 Å². The minimum atomic E-state index is -0.662. The maximum atomic E-state index is 13.1. The molecule has 0 amide bonds. The first kappa shape index (κ1) is 13.8. The molecule has 0 aliphatic carbocycles. The summed E-state index contributed by atoms with van der Waals surface area (Å²) < 4.78 is 36.5. The first-order valence-corrected chi connectivity index (χ1v) is 6.50. The van der Waals surface area contributed by atoms with Crippen LogP contribution in [-0.2, 0) is 16.0 Å². The molecule has 0 bridgehead atoms. The van der Waals surface area contributed by atoms with Crippen LogP contribution < -0.4 is 0 Å². The fraction of sp³-hybridized carbons (Fsp3) is 0.357. The Bertz CT molecular complexity index is 652. The summed E-state index contributed by atoms with van der Waals surface area (Å²) in [4.78, 5) is 15.9. The van der Waals surface area contributed by atoms with E-state index in [9.17, 15) is 13.6 Å². The minimum absolute atomic E-state index is 0.00625. The SMILES string of the molecule is O=C1CCOCC1c1nc(Cc2cc(F)cc(F)c2)no1. The second-order valence-corrected chi connectivity index (χ2v) is 4.85. The summed E-state index contributed by atoms with van der Waals surface area (Å²) in [6, 6.07) is 3.20. The lowest BCUT2D eigenvalue weighted by atomic mass is 10.0. The van der Waals surface area contributed by atoms with Gasteiger partial charge in [-0.15, -0.1) is 0 Å². The van der Waals surface area contributed by atoms with Gasteiger partial charge in [0.1, 0.15) is 23.3 Å². The number of carbonyl (C=O) groups is 1. The maximum Gasteiger partial charge on any atom is 0.239 e. The molecule has 1 unspecified atom stereocenters. The molecule has 1 aromatic heterocycles. The summed E-state index contributed by atoms with van der Waals surface area (Å²) >= 11 is 0. The molecule has 7 heteroatoms. The lowest BCUT2D eigenvalue weighted by Crippen LogP contribution is -2.25. The van der Waals surface area contributed by atoms with Gasteiger partial charge in [0.15, 0.2) is 5.82 Å². The summed E-state index contributed by atoms with van der Waals surface area (Å²) in [6.45, 7) is 0.619. The summed E-state index contributed by atoms with van der Waals surface area (Å²) in [6.07, 6.45) is 0.442. The van der Waals surface area contributed by atoms with Crippen molar-refractivity contribution in [2.24, 2.45) is 0 Å². The third-order valence-electron chi connectivity index (χ3n) is 3.23. The molecule has 21 heavy (non-hydrogen) atoms. The molecule has 3 rings (SSSR count). The Hall–Kier alpha value is -2.15. The molecule has 0 N–H and O–H groups in total. The number of halogens is 2. The van der Waals surface area contributed by atoms with E-state index in [-0.39, 0.29) is 30.5 Å². The number of rotatable bonds is 3. The van der Waals surface area contributed by atoms with Gasteiger partial charge in [0.2, 0.25) is 5.89 Å². The smallest absolute Gasteiger partial charge is 0.239 e. The summed E-state index contributed by atoms with van der Waals surface area (Å²) in [5.74, 6) is -1.42. The van der Waals surface area contributed by atoms with Crippen LogP contribution in [0.3, 0.4) is 0 Å². The molecule has 2 heterocycles. The molecule has 1 aliphatic rings. The Morgan fingerprint density at radius 2 is 2.00 bits per heavy atom. The summed E-state index contributed by atoms with van der Waals surface area (Å²) in [5.41, 5.74) is 0.395. The average Bonchev–Trinajstić information content (AvgIpc) is 2.86. The quantitative estimate of drug-likeness (QED) is 0.866. The zero-order chi connectivity index (χ0) is 14.8. The third kappa shape index (κ3) is 3.13. The lowest BCUT2D eigenvalue weighted by Gasteiger charge is -2.17. The van der Waals surface area contributed by atoms with Gasteiger partial charge in [-0.3, -0.25) is 4.79 Å². The molecule has 1 aromatic carbocycles. The van der Waals surface area contributed by atoms with Crippen LogP contribution in [0.25, 0.3) is 0 Å². The fourth-order valence-corrected chi connectivity index (χ4v) is 2.23. The largest absolute Gasteiger partial charge is 0.380 e. The van der Waals surface area contributed by atoms with E-state index in [1.165, 1.54) is 12.1 Å². The molecule has 1 fully saturated rings. The number of aromatic nitrogens is 2. The van der Waals surface area contributed by atoms with Crippen LogP contribution in [0.15, 0.2) is 22.7 Å². The summed E-state index contributed by atoms with van der Waals surface area (Å²) in [5, 5.41) is 3.74. The average molecular weight is 294 g/mol. The van der Waals surface area contributed by atoms with E-state index in [2.05, 4.69) is 10.1 Å². The fourth-order valence-electron chi connectivity index (χ4n) is 2.23. The van der Waals surface area contributed by atoms with Crippen LogP contribution in [0.1, 0.15) is 29.6 Å². The van der Waals surface area contributed by atoms with Gasteiger partial charge < -0.3 is 9.26 Å². The van der Waals surface area contributed by atoms with Crippen LogP contribution in [0, 0.1) is 11.6 Å². The Kier molecular flexibility index (Phi) is 3.74. The van der Waals surface area contributed by atoms with Crippen molar-refractivity contribution in [2.75, 3.05) is 13.2 Å². The molecular formula is C14H12F2N2O3. The van der Waals surface area contributed by atoms with Crippen molar-refractivity contribution in [1.29, 1.82) is 0 Å². The Balaban J connectivity index is 1.77. The molecule has 110 valence electrons. The van der Waals surface area contributed by atoms with Crippen molar-refractivity contribution in [1.82, 2.24) is 10.1 Å². The monoisotopic (exact) mass is 294 g/mol. The molecule has 0 radical (unpaired) electrons. The molecular weight excluding hydrogens is 282 g/mol. The highest BCUT2D eigenvalue weighted by Crippen LogP contribution is 2.21. The van der Waals surface area contributed by atoms with Crippen LogP contribution in [0.5, 0.6) is 0 Å². The molecule has 1 atom stereocenters. The van der Waals surface area contributed by atoms with E-state index in [0.29, 0.717) is 18.6 Å². The molecule has 2 aromatic rings. The van der Waals surface area contributed by atoms with Gasteiger partial charge in [0.25, 0.3) is 0 Å². The van der Waals surface area contributed by atoms with Gasteiger partial charge in [-0.25, -0.2) is 8.78 Å². The predicted molar refractivity (Wildman–Crippen MR) is 66.6 cm³/mol. The zero-order valence-electron chi connectivity index (χ0n) is 11.0. The second-order valence-electron chi connectivity index (χ2n) is 4.85. The molecule has 0 saturated carbocycles. The number of nitrogens with zero attached hydrogens (tertiary/aromatic N) is 2. The van der Waals surface area contributed by atoms with Crippen molar-refractivity contribution in [3.8, 4) is 0 Å². The molecule has 1 saturated heterocycles. The van der Waals surface area contributed by atoms with Crippen LogP contribution >= 0.6 is 0 Å². The van der Waals surface area contributed by atoms with Gasteiger partial charge in [-0.1, -0.05) is 5.16 Å². The van der Waals surface area contributed by atoms with Crippen molar-refractivity contribution in [3.05, 3.63) is 47.1 Å². The van der Waals surface area contributed by atoms with Gasteiger partial charge in [0.05, 0.1) is 13.2 Å². The van der Waals surface area contributed by atoms with E-state index in [4.69, 9.17) is 9.26 Å². The standard InChI is InChI=1S/C14H12F2N2O3/c15-9-3-8(4-10(16)6-9)5-13-17-14(21-18-13)11-7-20-2-1-12(11)19/h3-4,6,11H,1-2,5,7H2. The number of hydrogen-bond donors (Lipinski definition) is 0. The van der Waals surface area contributed by atoms with E-state index in [0.717, 1.165) is 6.07 Å². The number of ether oxygens (including phenoxy) is 1. The highest BCUT2D eigenvalue weighted by atomic mass is 19.1. The Morgan fingerprint density at radius 3 is 2.71 bits per heavy atom. The number of Topliss-reactive ketones (excluding diaryl/α,β-unsaturated/α-hetero) is 1. The normalized spacial score (nSPS) is 19.0. The van der Waals surface area contributed by atoms with Gasteiger partial charge in [-0.2, -0.15) is 4.98 Å².